The molecule has 0 unspecified atom stereocenters. The van der Waals surface area contributed by atoms with Crippen LogP contribution in [-0.4, -0.2) is 23.1 Å². The Hall–Kier alpha value is -4.44. The first-order valence-corrected chi connectivity index (χ1v) is 14.4. The van der Waals surface area contributed by atoms with Crippen molar-refractivity contribution in [2.24, 2.45) is 0 Å². The van der Waals surface area contributed by atoms with Crippen LogP contribution in [0.4, 0.5) is 0 Å². The minimum Gasteiger partial charge on any atom is -0.289 e. The van der Waals surface area contributed by atoms with Gasteiger partial charge in [-0.25, -0.2) is 0 Å². The molecule has 0 aliphatic heterocycles. The molecule has 2 aliphatic carbocycles. The lowest BCUT2D eigenvalue weighted by molar-refractivity contribution is 0.0976. The number of hydrogen-bond acceptors (Lipinski definition) is 4. The normalized spacial score (nSPS) is 13.2. The topological polar surface area (TPSA) is 68.3 Å². The molecule has 0 spiro atoms. The maximum atomic E-state index is 13.4. The van der Waals surface area contributed by atoms with Gasteiger partial charge in [-0.05, 0) is 118 Å². The van der Waals surface area contributed by atoms with Crippen molar-refractivity contribution in [3.05, 3.63) is 137 Å². The van der Waals surface area contributed by atoms with E-state index >= 15 is 0 Å². The largest absolute Gasteiger partial charge is 0.289 e. The van der Waals surface area contributed by atoms with E-state index in [1.165, 1.54) is 0 Å². The van der Waals surface area contributed by atoms with E-state index in [1.54, 1.807) is 30.3 Å². The highest BCUT2D eigenvalue weighted by atomic mass is 16.1. The SMILES string of the molecule is CCc1ccc2c(c1)C(=O)c1ccccc1C2=O.Cc1c(C)c(C)c2c(c1C)C(=O)c1c(C)c(C)c(C)c(C)c1C2=O. The Bertz CT molecular complexity index is 1750. The molecule has 4 nitrogen and oxygen atoms in total. The molecule has 0 bridgehead atoms. The first kappa shape index (κ1) is 29.1. The first-order chi connectivity index (χ1) is 19.8. The lowest BCUT2D eigenvalue weighted by atomic mass is 9.73. The highest BCUT2D eigenvalue weighted by Crippen LogP contribution is 2.39. The van der Waals surface area contributed by atoms with Crippen LogP contribution in [0.3, 0.4) is 0 Å². The molecule has 0 heterocycles. The summed E-state index contributed by atoms with van der Waals surface area (Å²) in [6.45, 7) is 18.0. The van der Waals surface area contributed by atoms with Gasteiger partial charge in [-0.15, -0.1) is 0 Å². The Balaban J connectivity index is 0.000000175. The van der Waals surface area contributed by atoms with E-state index < -0.39 is 0 Å². The second kappa shape index (κ2) is 10.4. The zero-order valence-corrected chi connectivity index (χ0v) is 25.9. The van der Waals surface area contributed by atoms with E-state index in [1.807, 2.05) is 74.4 Å². The summed E-state index contributed by atoms with van der Waals surface area (Å²) in [6, 6.07) is 12.5. The number of hydrogen-bond donors (Lipinski definition) is 0. The highest BCUT2D eigenvalue weighted by Gasteiger charge is 2.37. The zero-order valence-electron chi connectivity index (χ0n) is 25.9. The van der Waals surface area contributed by atoms with Crippen molar-refractivity contribution < 1.29 is 19.2 Å². The Labute approximate surface area is 247 Å². The third-order valence-corrected chi connectivity index (χ3v) is 9.68. The Morgan fingerprint density at radius 3 is 1.10 bits per heavy atom. The highest BCUT2D eigenvalue weighted by molar-refractivity contribution is 6.31. The van der Waals surface area contributed by atoms with Gasteiger partial charge >= 0.3 is 0 Å². The van der Waals surface area contributed by atoms with Gasteiger partial charge in [0.1, 0.15) is 0 Å². The quantitative estimate of drug-likeness (QED) is 0.206. The van der Waals surface area contributed by atoms with Gasteiger partial charge in [-0.3, -0.25) is 19.2 Å². The van der Waals surface area contributed by atoms with Gasteiger partial charge < -0.3 is 0 Å². The van der Waals surface area contributed by atoms with Crippen molar-refractivity contribution in [3.8, 4) is 0 Å². The maximum Gasteiger partial charge on any atom is 0.195 e. The summed E-state index contributed by atoms with van der Waals surface area (Å²) >= 11 is 0. The molecule has 0 saturated heterocycles. The van der Waals surface area contributed by atoms with Crippen molar-refractivity contribution in [1.29, 1.82) is 0 Å². The summed E-state index contributed by atoms with van der Waals surface area (Å²) in [5.41, 5.74) is 13.8. The van der Waals surface area contributed by atoms with Crippen LogP contribution < -0.4 is 0 Å². The average Bonchev–Trinajstić information content (AvgIpc) is 3.00. The van der Waals surface area contributed by atoms with Crippen LogP contribution in [0, 0.1) is 55.4 Å². The Morgan fingerprint density at radius 2 is 0.738 bits per heavy atom. The van der Waals surface area contributed by atoms with Gasteiger partial charge in [-0.1, -0.05) is 43.3 Å². The van der Waals surface area contributed by atoms with Crippen LogP contribution >= 0.6 is 0 Å². The molecule has 6 rings (SSSR count). The molecule has 0 saturated carbocycles. The number of benzene rings is 4. The van der Waals surface area contributed by atoms with Crippen LogP contribution in [0.25, 0.3) is 0 Å². The number of carbonyl (C=O) groups excluding carboxylic acids is 4. The minimum atomic E-state index is -0.0529. The van der Waals surface area contributed by atoms with Crippen LogP contribution in [0.1, 0.15) is 121 Å². The predicted molar refractivity (Wildman–Crippen MR) is 167 cm³/mol. The second-order valence-corrected chi connectivity index (χ2v) is 11.6. The molecule has 212 valence electrons. The van der Waals surface area contributed by atoms with Gasteiger partial charge in [0.2, 0.25) is 0 Å². The van der Waals surface area contributed by atoms with Crippen molar-refractivity contribution in [2.75, 3.05) is 0 Å². The Kier molecular flexibility index (Phi) is 7.22. The Morgan fingerprint density at radius 1 is 0.405 bits per heavy atom. The van der Waals surface area contributed by atoms with Crippen LogP contribution in [0.5, 0.6) is 0 Å². The van der Waals surface area contributed by atoms with Crippen molar-refractivity contribution in [1.82, 2.24) is 0 Å². The summed E-state index contributed by atoms with van der Waals surface area (Å²) in [5, 5.41) is 0. The first-order valence-electron chi connectivity index (χ1n) is 14.4. The molecule has 0 N–H and O–H groups in total. The van der Waals surface area contributed by atoms with E-state index in [-0.39, 0.29) is 23.1 Å². The number of carbonyl (C=O) groups is 4. The van der Waals surface area contributed by atoms with E-state index in [4.69, 9.17) is 0 Å². The molecule has 0 fully saturated rings. The minimum absolute atomic E-state index is 0.00648. The van der Waals surface area contributed by atoms with Crippen LogP contribution in [0.15, 0.2) is 42.5 Å². The molecule has 2 aliphatic rings. The molecular weight excluding hydrogens is 520 g/mol. The number of fused-ring (bicyclic) bond motifs is 4. The van der Waals surface area contributed by atoms with Crippen LogP contribution in [0.2, 0.25) is 0 Å². The van der Waals surface area contributed by atoms with E-state index in [0.717, 1.165) is 56.5 Å². The molecular formula is C38H36O4. The molecule has 42 heavy (non-hydrogen) atoms. The number of aryl methyl sites for hydroxylation is 1. The van der Waals surface area contributed by atoms with Gasteiger partial charge in [0.15, 0.2) is 23.1 Å². The summed E-state index contributed by atoms with van der Waals surface area (Å²) in [4.78, 5) is 51.4. The summed E-state index contributed by atoms with van der Waals surface area (Å²) in [5.74, 6) is -0.0858. The van der Waals surface area contributed by atoms with E-state index in [9.17, 15) is 19.2 Å². The van der Waals surface area contributed by atoms with E-state index in [0.29, 0.717) is 44.5 Å². The molecule has 4 aromatic rings. The fourth-order valence-electron chi connectivity index (χ4n) is 6.38. The van der Waals surface area contributed by atoms with Gasteiger partial charge in [-0.2, -0.15) is 0 Å². The standard InChI is InChI=1S/C22H24O2.C16H12O2/c1-9-10(2)14(6)18-17(13(9)5)21(23)19-15(7)11(3)12(4)16(8)20(19)22(18)24;1-2-10-7-8-13-14(9-10)16(18)12-6-4-3-5-11(12)15(13)17/h1-8H3;3-9H,2H2,1H3. The van der Waals surface area contributed by atoms with E-state index in [2.05, 4.69) is 0 Å². The van der Waals surface area contributed by atoms with Gasteiger partial charge in [0, 0.05) is 44.5 Å². The second-order valence-electron chi connectivity index (χ2n) is 11.6. The lowest BCUT2D eigenvalue weighted by Gasteiger charge is -2.28. The molecule has 0 radical (unpaired) electrons. The zero-order chi connectivity index (χ0) is 30.8. The summed E-state index contributed by atoms with van der Waals surface area (Å²) in [6.07, 6.45) is 0.858. The molecule has 4 heteroatoms. The number of ketones is 4. The molecule has 0 aromatic heterocycles. The van der Waals surface area contributed by atoms with Crippen LogP contribution in [-0.2, 0) is 6.42 Å². The molecule has 0 atom stereocenters. The average molecular weight is 557 g/mol. The third kappa shape index (κ3) is 4.12. The monoisotopic (exact) mass is 556 g/mol. The smallest absolute Gasteiger partial charge is 0.195 e. The fourth-order valence-corrected chi connectivity index (χ4v) is 6.38. The van der Waals surface area contributed by atoms with Crippen molar-refractivity contribution >= 4 is 23.1 Å². The van der Waals surface area contributed by atoms with Crippen molar-refractivity contribution in [3.63, 3.8) is 0 Å². The maximum absolute atomic E-state index is 13.4. The fraction of sp³-hybridized carbons (Fsp3) is 0.263. The van der Waals surface area contributed by atoms with Gasteiger partial charge in [0.05, 0.1) is 0 Å². The van der Waals surface area contributed by atoms with Gasteiger partial charge in [0.25, 0.3) is 0 Å². The summed E-state index contributed by atoms with van der Waals surface area (Å²) in [7, 11) is 0. The lowest BCUT2D eigenvalue weighted by Crippen LogP contribution is -2.27. The van der Waals surface area contributed by atoms with Crippen molar-refractivity contribution in [2.45, 2.75) is 68.7 Å². The predicted octanol–water partition coefficient (Wildman–Crippen LogP) is 7.95. The number of rotatable bonds is 1. The molecule has 0 amide bonds. The third-order valence-electron chi connectivity index (χ3n) is 9.68. The summed E-state index contributed by atoms with van der Waals surface area (Å²) < 4.78 is 0. The molecule has 4 aromatic carbocycles.